The van der Waals surface area contributed by atoms with Gasteiger partial charge in [-0.25, -0.2) is 0 Å². The minimum atomic E-state index is -0.764. The Bertz CT molecular complexity index is 498. The van der Waals surface area contributed by atoms with Crippen LogP contribution in [0.5, 0.6) is 0 Å². The zero-order chi connectivity index (χ0) is 12.3. The number of hydrogen-bond donors (Lipinski definition) is 1. The molecule has 0 bridgehead atoms. The molecule has 0 spiro atoms. The first-order valence-electron chi connectivity index (χ1n) is 5.53. The van der Waals surface area contributed by atoms with Crippen molar-refractivity contribution in [3.8, 4) is 0 Å². The minimum Gasteiger partial charge on any atom is -0.382 e. The fraction of sp³-hybridized carbons (Fsp3) is 0.333. The van der Waals surface area contributed by atoms with E-state index in [0.717, 1.165) is 18.7 Å². The van der Waals surface area contributed by atoms with Crippen molar-refractivity contribution in [2.24, 2.45) is 0 Å². The average Bonchev–Trinajstić information content (AvgIpc) is 2.78. The summed E-state index contributed by atoms with van der Waals surface area (Å²) in [5.74, 6) is 0. The zero-order valence-electron chi connectivity index (χ0n) is 9.55. The Labute approximate surface area is 105 Å². The first kappa shape index (κ1) is 12.1. The molecule has 90 valence electrons. The van der Waals surface area contributed by atoms with Gasteiger partial charge in [0.1, 0.15) is 6.10 Å². The molecule has 2 aromatic heterocycles. The molecule has 0 radical (unpaired) electrons. The van der Waals surface area contributed by atoms with Gasteiger partial charge in [-0.15, -0.1) is 0 Å². The van der Waals surface area contributed by atoms with E-state index in [1.54, 1.807) is 29.2 Å². The van der Waals surface area contributed by atoms with Gasteiger partial charge in [0.25, 0.3) is 0 Å². The SMILES string of the molecule is CCCn1nccc1C(O)c1ccncc1Cl. The van der Waals surface area contributed by atoms with Crippen molar-refractivity contribution in [1.82, 2.24) is 14.8 Å². The zero-order valence-corrected chi connectivity index (χ0v) is 10.3. The highest BCUT2D eigenvalue weighted by Crippen LogP contribution is 2.27. The molecule has 0 saturated heterocycles. The minimum absolute atomic E-state index is 0.462. The maximum atomic E-state index is 10.3. The molecule has 0 saturated carbocycles. The average molecular weight is 252 g/mol. The smallest absolute Gasteiger partial charge is 0.122 e. The quantitative estimate of drug-likeness (QED) is 0.908. The summed E-state index contributed by atoms with van der Waals surface area (Å²) in [6.45, 7) is 2.85. The third kappa shape index (κ3) is 2.48. The van der Waals surface area contributed by atoms with Crippen LogP contribution in [0.1, 0.15) is 30.7 Å². The normalized spacial score (nSPS) is 12.6. The number of rotatable bonds is 4. The summed E-state index contributed by atoms with van der Waals surface area (Å²) in [5, 5.41) is 14.9. The van der Waals surface area contributed by atoms with E-state index in [4.69, 9.17) is 11.6 Å². The molecule has 1 unspecified atom stereocenters. The predicted molar refractivity (Wildman–Crippen MR) is 65.8 cm³/mol. The molecular formula is C12H14ClN3O. The number of aliphatic hydroxyl groups excluding tert-OH is 1. The van der Waals surface area contributed by atoms with Crippen LogP contribution in [-0.2, 0) is 6.54 Å². The summed E-state index contributed by atoms with van der Waals surface area (Å²) >= 11 is 6.01. The van der Waals surface area contributed by atoms with Gasteiger partial charge in [-0.1, -0.05) is 18.5 Å². The van der Waals surface area contributed by atoms with Crippen LogP contribution < -0.4 is 0 Å². The van der Waals surface area contributed by atoms with Gasteiger partial charge < -0.3 is 5.11 Å². The monoisotopic (exact) mass is 251 g/mol. The van der Waals surface area contributed by atoms with E-state index in [2.05, 4.69) is 17.0 Å². The molecule has 2 heterocycles. The first-order chi connectivity index (χ1) is 8.24. The van der Waals surface area contributed by atoms with Crippen molar-refractivity contribution in [2.75, 3.05) is 0 Å². The highest BCUT2D eigenvalue weighted by Gasteiger charge is 2.17. The lowest BCUT2D eigenvalue weighted by molar-refractivity contribution is 0.207. The lowest BCUT2D eigenvalue weighted by Crippen LogP contribution is -2.10. The number of aliphatic hydroxyl groups is 1. The Hall–Kier alpha value is -1.39. The fourth-order valence-corrected chi connectivity index (χ4v) is 1.96. The van der Waals surface area contributed by atoms with Crippen LogP contribution in [0.2, 0.25) is 5.02 Å². The number of nitrogens with zero attached hydrogens (tertiary/aromatic N) is 3. The maximum absolute atomic E-state index is 10.3. The summed E-state index contributed by atoms with van der Waals surface area (Å²) in [4.78, 5) is 3.90. The fourth-order valence-electron chi connectivity index (χ4n) is 1.74. The number of aromatic nitrogens is 3. The number of hydrogen-bond acceptors (Lipinski definition) is 3. The van der Waals surface area contributed by atoms with Gasteiger partial charge in [-0.2, -0.15) is 5.10 Å². The van der Waals surface area contributed by atoms with Crippen molar-refractivity contribution in [3.63, 3.8) is 0 Å². The molecule has 0 aromatic carbocycles. The molecule has 0 aliphatic rings. The van der Waals surface area contributed by atoms with Crippen molar-refractivity contribution in [1.29, 1.82) is 0 Å². The Morgan fingerprint density at radius 2 is 2.24 bits per heavy atom. The van der Waals surface area contributed by atoms with Crippen LogP contribution in [0.15, 0.2) is 30.7 Å². The number of aryl methyl sites for hydroxylation is 1. The molecule has 0 aliphatic carbocycles. The number of pyridine rings is 1. The highest BCUT2D eigenvalue weighted by atomic mass is 35.5. The molecule has 0 amide bonds. The van der Waals surface area contributed by atoms with Crippen molar-refractivity contribution in [3.05, 3.63) is 47.0 Å². The van der Waals surface area contributed by atoms with Crippen LogP contribution in [-0.4, -0.2) is 19.9 Å². The second-order valence-corrected chi connectivity index (χ2v) is 4.19. The molecule has 0 aliphatic heterocycles. The van der Waals surface area contributed by atoms with Gasteiger partial charge >= 0.3 is 0 Å². The first-order valence-corrected chi connectivity index (χ1v) is 5.91. The Balaban J connectivity index is 2.34. The van der Waals surface area contributed by atoms with E-state index >= 15 is 0 Å². The van der Waals surface area contributed by atoms with Gasteiger partial charge in [0.05, 0.1) is 10.7 Å². The molecular weight excluding hydrogens is 238 g/mol. The maximum Gasteiger partial charge on any atom is 0.122 e. The van der Waals surface area contributed by atoms with Gasteiger partial charge in [-0.3, -0.25) is 9.67 Å². The van der Waals surface area contributed by atoms with E-state index in [9.17, 15) is 5.11 Å². The van der Waals surface area contributed by atoms with Crippen LogP contribution >= 0.6 is 11.6 Å². The van der Waals surface area contributed by atoms with E-state index < -0.39 is 6.10 Å². The molecule has 0 fully saturated rings. The predicted octanol–water partition coefficient (Wildman–Crippen LogP) is 2.42. The highest BCUT2D eigenvalue weighted by molar-refractivity contribution is 6.31. The lowest BCUT2D eigenvalue weighted by atomic mass is 10.1. The Kier molecular flexibility index (Phi) is 3.76. The van der Waals surface area contributed by atoms with E-state index in [0.29, 0.717) is 10.6 Å². The summed E-state index contributed by atoms with van der Waals surface area (Å²) in [5.41, 5.74) is 1.40. The molecule has 1 atom stereocenters. The summed E-state index contributed by atoms with van der Waals surface area (Å²) in [6, 6.07) is 3.52. The van der Waals surface area contributed by atoms with E-state index in [-0.39, 0.29) is 0 Å². The summed E-state index contributed by atoms with van der Waals surface area (Å²) in [6.07, 6.45) is 5.03. The summed E-state index contributed by atoms with van der Waals surface area (Å²) in [7, 11) is 0. The molecule has 2 aromatic rings. The second kappa shape index (κ2) is 5.29. The van der Waals surface area contributed by atoms with Crippen LogP contribution in [0, 0.1) is 0 Å². The molecule has 2 rings (SSSR count). The largest absolute Gasteiger partial charge is 0.382 e. The van der Waals surface area contributed by atoms with Crippen LogP contribution in [0.25, 0.3) is 0 Å². The third-order valence-corrected chi connectivity index (χ3v) is 2.88. The van der Waals surface area contributed by atoms with Gasteiger partial charge in [0.2, 0.25) is 0 Å². The van der Waals surface area contributed by atoms with Crippen LogP contribution in [0.3, 0.4) is 0 Å². The Morgan fingerprint density at radius 3 is 2.94 bits per heavy atom. The Morgan fingerprint density at radius 1 is 1.41 bits per heavy atom. The molecule has 5 heteroatoms. The van der Waals surface area contributed by atoms with Crippen molar-refractivity contribution < 1.29 is 5.11 Å². The standard InChI is InChI=1S/C12H14ClN3O/c1-2-7-16-11(4-6-15-16)12(17)9-3-5-14-8-10(9)13/h3-6,8,12,17H,2,7H2,1H3. The lowest BCUT2D eigenvalue weighted by Gasteiger charge is -2.14. The third-order valence-electron chi connectivity index (χ3n) is 2.56. The summed E-state index contributed by atoms with van der Waals surface area (Å²) < 4.78 is 1.79. The second-order valence-electron chi connectivity index (χ2n) is 3.78. The molecule has 4 nitrogen and oxygen atoms in total. The van der Waals surface area contributed by atoms with E-state index in [1.807, 2.05) is 0 Å². The van der Waals surface area contributed by atoms with Gasteiger partial charge in [-0.05, 0) is 18.6 Å². The topological polar surface area (TPSA) is 50.9 Å². The van der Waals surface area contributed by atoms with Crippen LogP contribution in [0.4, 0.5) is 0 Å². The molecule has 1 N–H and O–H groups in total. The van der Waals surface area contributed by atoms with Crippen molar-refractivity contribution in [2.45, 2.75) is 26.0 Å². The van der Waals surface area contributed by atoms with E-state index in [1.165, 1.54) is 6.20 Å². The van der Waals surface area contributed by atoms with Gasteiger partial charge in [0.15, 0.2) is 0 Å². The van der Waals surface area contributed by atoms with Crippen molar-refractivity contribution >= 4 is 11.6 Å². The number of halogens is 1. The van der Waals surface area contributed by atoms with Gasteiger partial charge in [0, 0.05) is 30.7 Å². The molecule has 17 heavy (non-hydrogen) atoms.